The molecule has 0 aliphatic heterocycles. The van der Waals surface area contributed by atoms with E-state index in [-0.39, 0.29) is 0 Å². The molecule has 0 saturated carbocycles. The van der Waals surface area contributed by atoms with Crippen molar-refractivity contribution in [3.63, 3.8) is 0 Å². The summed E-state index contributed by atoms with van der Waals surface area (Å²) in [7, 11) is -4.85. The molecule has 0 atom stereocenters. The van der Waals surface area contributed by atoms with Crippen LogP contribution in [0.4, 0.5) is 13.2 Å². The molecule has 0 saturated heterocycles. The van der Waals surface area contributed by atoms with E-state index in [1.807, 2.05) is 0 Å². The Morgan fingerprint density at radius 3 is 2.13 bits per heavy atom. The summed E-state index contributed by atoms with van der Waals surface area (Å²) in [6.45, 7) is 0. The van der Waals surface area contributed by atoms with Crippen molar-refractivity contribution >= 4 is 21.7 Å². The van der Waals surface area contributed by atoms with Crippen LogP contribution < -0.4 is 0 Å². The van der Waals surface area contributed by atoms with Gasteiger partial charge in [0.25, 0.3) is 0 Å². The second-order valence-corrected chi connectivity index (χ2v) is 4.35. The van der Waals surface area contributed by atoms with Crippen LogP contribution in [0, 0.1) is 0 Å². The first-order valence-corrected chi connectivity index (χ1v) is 5.23. The van der Waals surface area contributed by atoms with Gasteiger partial charge in [-0.1, -0.05) is 11.6 Å². The third-order valence-electron chi connectivity index (χ3n) is 1.53. The molecule has 0 bridgehead atoms. The van der Waals surface area contributed by atoms with E-state index in [9.17, 15) is 26.1 Å². The van der Waals surface area contributed by atoms with Crippen LogP contribution in [0.2, 0.25) is 5.02 Å². The third kappa shape index (κ3) is 2.83. The smallest absolute Gasteiger partial charge is 0.416 e. The van der Waals surface area contributed by atoms with Crippen molar-refractivity contribution in [2.45, 2.75) is 11.1 Å². The minimum atomic E-state index is -4.85. The lowest BCUT2D eigenvalue weighted by Crippen LogP contribution is -2.06. The minimum Gasteiger partial charge on any atom is -0.744 e. The predicted molar refractivity (Wildman–Crippen MR) is 44.4 cm³/mol. The highest BCUT2D eigenvalue weighted by atomic mass is 35.5. The van der Waals surface area contributed by atoms with E-state index < -0.39 is 31.8 Å². The van der Waals surface area contributed by atoms with Gasteiger partial charge in [-0.3, -0.25) is 0 Å². The van der Waals surface area contributed by atoms with Crippen LogP contribution in [-0.2, 0) is 16.3 Å². The Balaban J connectivity index is 3.34. The summed E-state index contributed by atoms with van der Waals surface area (Å²) in [5.74, 6) is 0. The fraction of sp³-hybridized carbons (Fsp3) is 0.143. The fourth-order valence-electron chi connectivity index (χ4n) is 0.880. The van der Waals surface area contributed by atoms with Crippen molar-refractivity contribution in [3.05, 3.63) is 28.8 Å². The highest BCUT2D eigenvalue weighted by molar-refractivity contribution is 7.85. The largest absolute Gasteiger partial charge is 0.744 e. The summed E-state index contributed by atoms with van der Waals surface area (Å²) in [4.78, 5) is -0.864. The summed E-state index contributed by atoms with van der Waals surface area (Å²) in [5.41, 5.74) is -1.11. The Morgan fingerprint density at radius 2 is 1.80 bits per heavy atom. The number of hydrogen-bond acceptors (Lipinski definition) is 3. The van der Waals surface area contributed by atoms with Crippen molar-refractivity contribution in [2.75, 3.05) is 0 Å². The predicted octanol–water partition coefficient (Wildman–Crippen LogP) is 2.26. The van der Waals surface area contributed by atoms with E-state index >= 15 is 0 Å². The standard InChI is InChI=1S/C7H4ClF3O3S/c8-5-3-4(7(9,10)11)1-2-6(5)15(12,13)14/h1-3H,(H,12,13,14)/p-1. The van der Waals surface area contributed by atoms with Gasteiger partial charge in [-0.15, -0.1) is 0 Å². The molecular formula is C7H3ClF3O3S-. The first kappa shape index (κ1) is 12.3. The molecule has 15 heavy (non-hydrogen) atoms. The molecule has 0 N–H and O–H groups in total. The number of rotatable bonds is 1. The van der Waals surface area contributed by atoms with Crippen LogP contribution in [-0.4, -0.2) is 13.0 Å². The Morgan fingerprint density at radius 1 is 1.27 bits per heavy atom. The van der Waals surface area contributed by atoms with Gasteiger partial charge in [-0.2, -0.15) is 13.2 Å². The SMILES string of the molecule is O=S(=O)([O-])c1ccc(C(F)(F)F)cc1Cl. The van der Waals surface area contributed by atoms with Gasteiger partial charge in [0.1, 0.15) is 10.1 Å². The quantitative estimate of drug-likeness (QED) is 0.727. The molecule has 84 valence electrons. The molecule has 0 unspecified atom stereocenters. The van der Waals surface area contributed by atoms with Crippen molar-refractivity contribution in [3.8, 4) is 0 Å². The zero-order valence-corrected chi connectivity index (χ0v) is 8.45. The van der Waals surface area contributed by atoms with E-state index in [1.165, 1.54) is 0 Å². The molecule has 8 heteroatoms. The van der Waals surface area contributed by atoms with Crippen LogP contribution in [0.1, 0.15) is 5.56 Å². The summed E-state index contributed by atoms with van der Waals surface area (Å²) < 4.78 is 67.8. The summed E-state index contributed by atoms with van der Waals surface area (Å²) >= 11 is 5.24. The van der Waals surface area contributed by atoms with Crippen molar-refractivity contribution < 1.29 is 26.1 Å². The van der Waals surface area contributed by atoms with Crippen LogP contribution >= 0.6 is 11.6 Å². The topological polar surface area (TPSA) is 57.2 Å². The Kier molecular flexibility index (Phi) is 2.99. The van der Waals surface area contributed by atoms with Gasteiger partial charge in [-0.05, 0) is 18.2 Å². The third-order valence-corrected chi connectivity index (χ3v) is 2.85. The van der Waals surface area contributed by atoms with Gasteiger partial charge in [0, 0.05) is 0 Å². The highest BCUT2D eigenvalue weighted by Gasteiger charge is 2.31. The van der Waals surface area contributed by atoms with Gasteiger partial charge in [0.15, 0.2) is 0 Å². The molecule has 0 aliphatic carbocycles. The zero-order valence-electron chi connectivity index (χ0n) is 6.88. The van der Waals surface area contributed by atoms with E-state index in [0.717, 1.165) is 0 Å². The van der Waals surface area contributed by atoms with Gasteiger partial charge >= 0.3 is 6.18 Å². The normalized spacial score (nSPS) is 12.9. The van der Waals surface area contributed by atoms with Crippen LogP contribution in [0.25, 0.3) is 0 Å². The lowest BCUT2D eigenvalue weighted by atomic mass is 10.2. The second kappa shape index (κ2) is 3.66. The molecule has 0 aliphatic rings. The number of halogens is 4. The number of hydrogen-bond donors (Lipinski definition) is 0. The molecule has 1 aromatic rings. The van der Waals surface area contributed by atoms with E-state index in [4.69, 9.17) is 11.6 Å². The molecule has 0 spiro atoms. The Bertz CT molecular complexity index is 481. The molecular weight excluding hydrogens is 257 g/mol. The molecule has 0 radical (unpaired) electrons. The monoisotopic (exact) mass is 259 g/mol. The second-order valence-electron chi connectivity index (χ2n) is 2.60. The molecule has 0 aromatic heterocycles. The van der Waals surface area contributed by atoms with E-state index in [1.54, 1.807) is 0 Å². The molecule has 1 aromatic carbocycles. The maximum Gasteiger partial charge on any atom is 0.416 e. The average molecular weight is 260 g/mol. The maximum absolute atomic E-state index is 12.1. The summed E-state index contributed by atoms with van der Waals surface area (Å²) in [6, 6.07) is 1.41. The van der Waals surface area contributed by atoms with Crippen LogP contribution in [0.5, 0.6) is 0 Å². The fourth-order valence-corrected chi connectivity index (χ4v) is 1.88. The lowest BCUT2D eigenvalue weighted by Gasteiger charge is -2.11. The van der Waals surface area contributed by atoms with Crippen LogP contribution in [0.3, 0.4) is 0 Å². The molecule has 0 fully saturated rings. The lowest BCUT2D eigenvalue weighted by molar-refractivity contribution is -0.137. The Hall–Kier alpha value is -0.790. The zero-order chi connectivity index (χ0) is 11.9. The Labute approximate surface area is 88.2 Å². The van der Waals surface area contributed by atoms with E-state index in [0.29, 0.717) is 18.2 Å². The van der Waals surface area contributed by atoms with Crippen molar-refractivity contribution in [1.29, 1.82) is 0 Å². The summed E-state index contributed by atoms with van der Waals surface area (Å²) in [6.07, 6.45) is -4.63. The molecule has 0 heterocycles. The van der Waals surface area contributed by atoms with E-state index in [2.05, 4.69) is 0 Å². The molecule has 0 amide bonds. The highest BCUT2D eigenvalue weighted by Crippen LogP contribution is 2.33. The van der Waals surface area contributed by atoms with Crippen molar-refractivity contribution in [1.82, 2.24) is 0 Å². The maximum atomic E-state index is 12.1. The average Bonchev–Trinajstić information content (AvgIpc) is 1.99. The van der Waals surface area contributed by atoms with Gasteiger partial charge in [-0.25, -0.2) is 8.42 Å². The summed E-state index contributed by atoms with van der Waals surface area (Å²) in [5, 5.41) is -0.736. The minimum absolute atomic E-state index is 0.395. The number of alkyl halides is 3. The first-order chi connectivity index (χ1) is 6.62. The number of benzene rings is 1. The van der Waals surface area contributed by atoms with Crippen molar-refractivity contribution in [2.24, 2.45) is 0 Å². The van der Waals surface area contributed by atoms with Gasteiger partial charge < -0.3 is 4.55 Å². The van der Waals surface area contributed by atoms with Gasteiger partial charge in [0.05, 0.1) is 15.5 Å². The van der Waals surface area contributed by atoms with Crippen LogP contribution in [0.15, 0.2) is 23.1 Å². The molecule has 1 rings (SSSR count). The van der Waals surface area contributed by atoms with Gasteiger partial charge in [0.2, 0.25) is 0 Å². The molecule has 3 nitrogen and oxygen atoms in total. The first-order valence-electron chi connectivity index (χ1n) is 3.45.